The summed E-state index contributed by atoms with van der Waals surface area (Å²) in [4.78, 5) is 29.7. The third-order valence-corrected chi connectivity index (χ3v) is 5.66. The standard InChI is InChI=1S/C23H17N3O3S2/c27-21(18-8-10-19(11-9-18)29-15-16-5-2-1-3-6-16)25-26-22(28)20(31-23(26)30)13-17-7-4-12-24-14-17/h1-14H,15H2,(H,25,27). The fourth-order valence-corrected chi connectivity index (χ4v) is 3.97. The third kappa shape index (κ3) is 5.17. The van der Waals surface area contributed by atoms with E-state index in [2.05, 4.69) is 10.4 Å². The average Bonchev–Trinajstić information content (AvgIpc) is 3.06. The van der Waals surface area contributed by atoms with Crippen LogP contribution in [0.3, 0.4) is 0 Å². The number of nitrogens with zero attached hydrogens (tertiary/aromatic N) is 2. The van der Waals surface area contributed by atoms with Gasteiger partial charge >= 0.3 is 0 Å². The van der Waals surface area contributed by atoms with Gasteiger partial charge in [-0.2, -0.15) is 5.01 Å². The van der Waals surface area contributed by atoms with Gasteiger partial charge in [-0.1, -0.05) is 48.2 Å². The van der Waals surface area contributed by atoms with Crippen molar-refractivity contribution in [3.05, 3.63) is 101 Å². The maximum Gasteiger partial charge on any atom is 0.285 e. The summed E-state index contributed by atoms with van der Waals surface area (Å²) in [7, 11) is 0. The number of thioether (sulfide) groups is 1. The van der Waals surface area contributed by atoms with Crippen LogP contribution in [-0.2, 0) is 11.4 Å². The van der Waals surface area contributed by atoms with Gasteiger partial charge in [0.2, 0.25) is 0 Å². The second-order valence-electron chi connectivity index (χ2n) is 6.54. The molecule has 0 bridgehead atoms. The lowest BCUT2D eigenvalue weighted by Gasteiger charge is -2.15. The number of benzene rings is 2. The Morgan fingerprint density at radius 2 is 1.87 bits per heavy atom. The van der Waals surface area contributed by atoms with Crippen LogP contribution >= 0.6 is 24.0 Å². The number of nitrogens with one attached hydrogen (secondary N) is 1. The highest BCUT2D eigenvalue weighted by Gasteiger charge is 2.33. The molecule has 154 valence electrons. The number of hydrogen-bond acceptors (Lipinski definition) is 6. The molecule has 0 aliphatic carbocycles. The van der Waals surface area contributed by atoms with Gasteiger partial charge in [0, 0.05) is 18.0 Å². The predicted octanol–water partition coefficient (Wildman–Crippen LogP) is 4.21. The second kappa shape index (κ2) is 9.55. The molecular formula is C23H17N3O3S2. The van der Waals surface area contributed by atoms with E-state index in [1.54, 1.807) is 48.8 Å². The number of amides is 2. The normalized spacial score (nSPS) is 14.7. The lowest BCUT2D eigenvalue weighted by atomic mass is 10.2. The van der Waals surface area contributed by atoms with E-state index in [4.69, 9.17) is 17.0 Å². The van der Waals surface area contributed by atoms with Crippen LogP contribution in [0.5, 0.6) is 5.75 Å². The molecule has 1 saturated heterocycles. The molecule has 1 fully saturated rings. The third-order valence-electron chi connectivity index (χ3n) is 4.35. The first-order valence-electron chi connectivity index (χ1n) is 9.36. The number of carbonyl (C=O) groups excluding carboxylic acids is 2. The van der Waals surface area contributed by atoms with Crippen molar-refractivity contribution in [2.45, 2.75) is 6.61 Å². The van der Waals surface area contributed by atoms with Gasteiger partial charge in [0.15, 0.2) is 4.32 Å². The van der Waals surface area contributed by atoms with Crippen molar-refractivity contribution in [2.75, 3.05) is 0 Å². The molecule has 2 amide bonds. The zero-order chi connectivity index (χ0) is 21.6. The highest BCUT2D eigenvalue weighted by atomic mass is 32.2. The largest absolute Gasteiger partial charge is 0.489 e. The maximum absolute atomic E-state index is 12.7. The van der Waals surface area contributed by atoms with Gasteiger partial charge in [-0.15, -0.1) is 0 Å². The summed E-state index contributed by atoms with van der Waals surface area (Å²) < 4.78 is 5.99. The molecule has 31 heavy (non-hydrogen) atoms. The Labute approximate surface area is 188 Å². The number of hydrazine groups is 1. The highest BCUT2D eigenvalue weighted by Crippen LogP contribution is 2.31. The van der Waals surface area contributed by atoms with Crippen LogP contribution in [0.25, 0.3) is 6.08 Å². The summed E-state index contributed by atoms with van der Waals surface area (Å²) in [5, 5.41) is 1.09. The minimum Gasteiger partial charge on any atom is -0.489 e. The summed E-state index contributed by atoms with van der Waals surface area (Å²) in [6.07, 6.45) is 4.99. The Hall–Kier alpha value is -3.49. The SMILES string of the molecule is O=C(NN1C(=O)C(=Cc2cccnc2)SC1=S)c1ccc(OCc2ccccc2)cc1. The molecule has 1 N–H and O–H groups in total. The molecule has 0 radical (unpaired) electrons. The van der Waals surface area contributed by atoms with E-state index in [1.165, 1.54) is 0 Å². The summed E-state index contributed by atoms with van der Waals surface area (Å²) in [5.41, 5.74) is 4.79. The molecule has 2 aromatic carbocycles. The summed E-state index contributed by atoms with van der Waals surface area (Å²) in [5.74, 6) is -0.172. The minimum atomic E-state index is -0.437. The lowest BCUT2D eigenvalue weighted by Crippen LogP contribution is -2.44. The van der Waals surface area contributed by atoms with Crippen LogP contribution < -0.4 is 10.2 Å². The predicted molar refractivity (Wildman–Crippen MR) is 124 cm³/mol. The molecule has 0 atom stereocenters. The summed E-state index contributed by atoms with van der Waals surface area (Å²) >= 11 is 6.38. The van der Waals surface area contributed by atoms with Crippen molar-refractivity contribution in [3.8, 4) is 5.75 Å². The maximum atomic E-state index is 12.7. The number of rotatable bonds is 6. The van der Waals surface area contributed by atoms with E-state index >= 15 is 0 Å². The zero-order valence-corrected chi connectivity index (χ0v) is 17.9. The molecule has 6 nitrogen and oxygen atoms in total. The molecule has 0 unspecified atom stereocenters. The van der Waals surface area contributed by atoms with E-state index in [0.29, 0.717) is 22.8 Å². The first-order chi connectivity index (χ1) is 15.1. The molecule has 8 heteroatoms. The van der Waals surface area contributed by atoms with Gasteiger partial charge in [-0.3, -0.25) is 20.0 Å². The van der Waals surface area contributed by atoms with Gasteiger partial charge in [0.05, 0.1) is 4.91 Å². The highest BCUT2D eigenvalue weighted by molar-refractivity contribution is 8.26. The zero-order valence-electron chi connectivity index (χ0n) is 16.2. The Morgan fingerprint density at radius 3 is 2.58 bits per heavy atom. The van der Waals surface area contributed by atoms with E-state index in [-0.39, 0.29) is 10.2 Å². The van der Waals surface area contributed by atoms with Crippen molar-refractivity contribution < 1.29 is 14.3 Å². The van der Waals surface area contributed by atoms with Crippen LogP contribution in [0.2, 0.25) is 0 Å². The Bertz CT molecular complexity index is 1130. The first kappa shape index (κ1) is 20.8. The van der Waals surface area contributed by atoms with Crippen molar-refractivity contribution >= 4 is 46.2 Å². The monoisotopic (exact) mass is 447 g/mol. The summed E-state index contributed by atoms with van der Waals surface area (Å²) in [6, 6.07) is 20.1. The number of hydrogen-bond donors (Lipinski definition) is 1. The van der Waals surface area contributed by atoms with Gasteiger partial charge in [0.1, 0.15) is 12.4 Å². The van der Waals surface area contributed by atoms with E-state index < -0.39 is 5.91 Å². The molecule has 0 spiro atoms. The number of pyridine rings is 1. The molecule has 3 aromatic rings. The summed E-state index contributed by atoms with van der Waals surface area (Å²) in [6.45, 7) is 0.437. The quantitative estimate of drug-likeness (QED) is 0.451. The van der Waals surface area contributed by atoms with Gasteiger partial charge in [0.25, 0.3) is 11.8 Å². The molecule has 2 heterocycles. The van der Waals surface area contributed by atoms with E-state index in [1.807, 2.05) is 36.4 Å². The molecular weight excluding hydrogens is 430 g/mol. The fraction of sp³-hybridized carbons (Fsp3) is 0.0435. The average molecular weight is 448 g/mol. The molecule has 0 saturated carbocycles. The van der Waals surface area contributed by atoms with Crippen LogP contribution in [0, 0.1) is 0 Å². The molecule has 1 aliphatic rings. The Morgan fingerprint density at radius 1 is 1.10 bits per heavy atom. The van der Waals surface area contributed by atoms with E-state index in [9.17, 15) is 9.59 Å². The smallest absolute Gasteiger partial charge is 0.285 e. The second-order valence-corrected chi connectivity index (χ2v) is 8.22. The topological polar surface area (TPSA) is 71.5 Å². The molecule has 1 aliphatic heterocycles. The number of carbonyl (C=O) groups is 2. The number of ether oxygens (including phenoxy) is 1. The van der Waals surface area contributed by atoms with Crippen molar-refractivity contribution in [1.29, 1.82) is 0 Å². The fourth-order valence-electron chi connectivity index (χ4n) is 2.79. The molecule has 1 aromatic heterocycles. The van der Waals surface area contributed by atoms with E-state index in [0.717, 1.165) is 27.9 Å². The van der Waals surface area contributed by atoms with Crippen LogP contribution in [0.4, 0.5) is 0 Å². The number of thiocarbonyl (C=S) groups is 1. The van der Waals surface area contributed by atoms with Crippen molar-refractivity contribution in [1.82, 2.24) is 15.4 Å². The molecule has 4 rings (SSSR count). The minimum absolute atomic E-state index is 0.260. The lowest BCUT2D eigenvalue weighted by molar-refractivity contribution is -0.123. The van der Waals surface area contributed by atoms with Crippen LogP contribution in [-0.4, -0.2) is 26.1 Å². The number of aromatic nitrogens is 1. The Kier molecular flexibility index (Phi) is 6.40. The Balaban J connectivity index is 1.38. The van der Waals surface area contributed by atoms with Crippen molar-refractivity contribution in [2.24, 2.45) is 0 Å². The van der Waals surface area contributed by atoms with Gasteiger partial charge < -0.3 is 4.74 Å². The van der Waals surface area contributed by atoms with Gasteiger partial charge in [-0.25, -0.2) is 0 Å². The van der Waals surface area contributed by atoms with Gasteiger partial charge in [-0.05, 0) is 59.8 Å². The van der Waals surface area contributed by atoms with Crippen LogP contribution in [0.1, 0.15) is 21.5 Å². The first-order valence-corrected chi connectivity index (χ1v) is 10.6. The van der Waals surface area contributed by atoms with Crippen molar-refractivity contribution in [3.63, 3.8) is 0 Å². The van der Waals surface area contributed by atoms with Crippen LogP contribution in [0.15, 0.2) is 84.0 Å².